The van der Waals surface area contributed by atoms with Gasteiger partial charge in [-0.1, -0.05) is 91.0 Å². The van der Waals surface area contributed by atoms with Gasteiger partial charge >= 0.3 is 0 Å². The molecule has 0 aliphatic rings. The zero-order chi connectivity index (χ0) is 29.5. The van der Waals surface area contributed by atoms with Gasteiger partial charge < -0.3 is 13.6 Å². The van der Waals surface area contributed by atoms with Gasteiger partial charge in [0.15, 0.2) is 0 Å². The molecule has 0 saturated carbocycles. The van der Waals surface area contributed by atoms with E-state index in [1.165, 1.54) is 38.3 Å². The normalized spacial score (nSPS) is 12.0. The van der Waals surface area contributed by atoms with Crippen molar-refractivity contribution in [1.82, 2.24) is 9.13 Å². The van der Waals surface area contributed by atoms with E-state index in [9.17, 15) is 0 Å². The Kier molecular flexibility index (Phi) is 5.00. The number of aromatic nitrogens is 2. The minimum atomic E-state index is 0.911. The molecule has 0 atom stereocenters. The third-order valence-electron chi connectivity index (χ3n) is 9.31. The fraction of sp³-hybridized carbons (Fsp3) is 0. The Bertz CT molecular complexity index is 2740. The summed E-state index contributed by atoms with van der Waals surface area (Å²) in [5, 5.41) is 7.08. The topological polar surface area (TPSA) is 23.0 Å². The maximum absolute atomic E-state index is 6.63. The summed E-state index contributed by atoms with van der Waals surface area (Å²) in [6, 6.07) is 56.5. The summed E-state index contributed by atoms with van der Waals surface area (Å²) in [5.74, 6) is 0. The number of hydrogen-bond acceptors (Lipinski definition) is 1. The van der Waals surface area contributed by atoms with E-state index in [4.69, 9.17) is 4.42 Å². The van der Waals surface area contributed by atoms with Crippen LogP contribution in [0.4, 0.5) is 0 Å². The Morgan fingerprint density at radius 1 is 0.356 bits per heavy atom. The number of fused-ring (bicyclic) bond motifs is 10. The molecule has 0 radical (unpaired) electrons. The van der Waals surface area contributed by atoms with Crippen LogP contribution in [-0.4, -0.2) is 9.13 Å². The molecule has 210 valence electrons. The Labute approximate surface area is 258 Å². The van der Waals surface area contributed by atoms with Crippen LogP contribution in [0.1, 0.15) is 0 Å². The van der Waals surface area contributed by atoms with Crippen molar-refractivity contribution in [2.45, 2.75) is 0 Å². The van der Waals surface area contributed by atoms with Gasteiger partial charge in [0.1, 0.15) is 11.2 Å². The van der Waals surface area contributed by atoms with Crippen LogP contribution in [0.5, 0.6) is 0 Å². The van der Waals surface area contributed by atoms with E-state index in [-0.39, 0.29) is 0 Å². The van der Waals surface area contributed by atoms with E-state index in [2.05, 4.69) is 161 Å². The van der Waals surface area contributed by atoms with E-state index in [1.54, 1.807) is 0 Å². The molecule has 0 fully saturated rings. The number of benzene rings is 7. The van der Waals surface area contributed by atoms with Crippen LogP contribution >= 0.6 is 0 Å². The van der Waals surface area contributed by atoms with Crippen LogP contribution in [0, 0.1) is 0 Å². The average molecular weight is 575 g/mol. The van der Waals surface area contributed by atoms with Crippen LogP contribution in [0.2, 0.25) is 0 Å². The predicted octanol–water partition coefficient (Wildman–Crippen LogP) is 11.4. The van der Waals surface area contributed by atoms with E-state index in [0.717, 1.165) is 49.7 Å². The first kappa shape index (κ1) is 24.4. The number of furan rings is 1. The van der Waals surface area contributed by atoms with Crippen molar-refractivity contribution >= 4 is 65.6 Å². The Hall–Kier alpha value is -6.06. The molecule has 0 N–H and O–H groups in total. The summed E-state index contributed by atoms with van der Waals surface area (Å²) in [6.45, 7) is 0. The molecule has 0 aliphatic heterocycles. The molecule has 0 saturated heterocycles. The molecule has 45 heavy (non-hydrogen) atoms. The Balaban J connectivity index is 1.31. The highest BCUT2D eigenvalue weighted by atomic mass is 16.3. The molecule has 3 heterocycles. The number of rotatable bonds is 3. The van der Waals surface area contributed by atoms with Crippen LogP contribution in [0.25, 0.3) is 88.1 Å². The van der Waals surface area contributed by atoms with Crippen LogP contribution in [0.3, 0.4) is 0 Å². The van der Waals surface area contributed by atoms with Crippen molar-refractivity contribution in [2.75, 3.05) is 0 Å². The molecule has 0 aliphatic carbocycles. The Morgan fingerprint density at radius 2 is 1.00 bits per heavy atom. The van der Waals surface area contributed by atoms with Gasteiger partial charge in [0, 0.05) is 38.3 Å². The molecule has 10 rings (SSSR count). The van der Waals surface area contributed by atoms with Crippen molar-refractivity contribution in [1.29, 1.82) is 0 Å². The summed E-state index contributed by atoms with van der Waals surface area (Å²) < 4.78 is 11.4. The van der Waals surface area contributed by atoms with E-state index < -0.39 is 0 Å². The molecular weight excluding hydrogens is 548 g/mol. The van der Waals surface area contributed by atoms with E-state index >= 15 is 0 Å². The SMILES string of the molecule is c1ccc(-c2ccc3c(c2)c2ccccc2n3-c2ccc3c(c2)c2c4oc5ccccc5c4ccc2n3-c2ccccc2)cc1. The molecule has 0 spiro atoms. The lowest BCUT2D eigenvalue weighted by molar-refractivity contribution is 0.673. The fourth-order valence-corrected chi connectivity index (χ4v) is 7.33. The lowest BCUT2D eigenvalue weighted by atomic mass is 10.0. The highest BCUT2D eigenvalue weighted by molar-refractivity contribution is 6.24. The average Bonchev–Trinajstić information content (AvgIpc) is 3.76. The van der Waals surface area contributed by atoms with Crippen LogP contribution in [-0.2, 0) is 0 Å². The monoisotopic (exact) mass is 574 g/mol. The molecule has 0 amide bonds. The third-order valence-corrected chi connectivity index (χ3v) is 9.31. The van der Waals surface area contributed by atoms with Crippen molar-refractivity contribution in [3.63, 3.8) is 0 Å². The lowest BCUT2D eigenvalue weighted by Crippen LogP contribution is -1.95. The van der Waals surface area contributed by atoms with Crippen molar-refractivity contribution in [2.24, 2.45) is 0 Å². The molecule has 0 unspecified atom stereocenters. The maximum atomic E-state index is 6.63. The molecule has 10 aromatic rings. The largest absolute Gasteiger partial charge is 0.455 e. The van der Waals surface area contributed by atoms with Gasteiger partial charge in [-0.25, -0.2) is 0 Å². The molecule has 3 nitrogen and oxygen atoms in total. The summed E-state index contributed by atoms with van der Waals surface area (Å²) in [5.41, 5.74) is 11.2. The summed E-state index contributed by atoms with van der Waals surface area (Å²) >= 11 is 0. The summed E-state index contributed by atoms with van der Waals surface area (Å²) in [4.78, 5) is 0. The first-order valence-electron chi connectivity index (χ1n) is 15.4. The smallest absolute Gasteiger partial charge is 0.145 e. The lowest BCUT2D eigenvalue weighted by Gasteiger charge is -2.10. The Morgan fingerprint density at radius 3 is 1.87 bits per heavy atom. The fourth-order valence-electron chi connectivity index (χ4n) is 7.33. The van der Waals surface area contributed by atoms with Crippen molar-refractivity contribution in [3.8, 4) is 22.5 Å². The second-order valence-electron chi connectivity index (χ2n) is 11.8. The molecule has 3 aromatic heterocycles. The van der Waals surface area contributed by atoms with Gasteiger partial charge in [0.05, 0.1) is 27.5 Å². The summed E-state index contributed by atoms with van der Waals surface area (Å²) in [7, 11) is 0. The third kappa shape index (κ3) is 3.46. The van der Waals surface area contributed by atoms with E-state index in [1.807, 2.05) is 6.07 Å². The quantitative estimate of drug-likeness (QED) is 0.206. The molecular formula is C42H26N2O. The molecule has 3 heteroatoms. The van der Waals surface area contributed by atoms with Gasteiger partial charge in [-0.15, -0.1) is 0 Å². The second kappa shape index (κ2) is 9.22. The molecule has 0 bridgehead atoms. The first-order chi connectivity index (χ1) is 22.3. The summed E-state index contributed by atoms with van der Waals surface area (Å²) in [6.07, 6.45) is 0. The van der Waals surface area contributed by atoms with Crippen molar-refractivity contribution in [3.05, 3.63) is 158 Å². The van der Waals surface area contributed by atoms with Crippen LogP contribution in [0.15, 0.2) is 162 Å². The number of para-hydroxylation sites is 3. The van der Waals surface area contributed by atoms with Gasteiger partial charge in [-0.2, -0.15) is 0 Å². The van der Waals surface area contributed by atoms with E-state index in [0.29, 0.717) is 0 Å². The highest BCUT2D eigenvalue weighted by Crippen LogP contribution is 2.42. The zero-order valence-corrected chi connectivity index (χ0v) is 24.3. The van der Waals surface area contributed by atoms with Gasteiger partial charge in [0.25, 0.3) is 0 Å². The minimum absolute atomic E-state index is 0.911. The molecule has 7 aromatic carbocycles. The van der Waals surface area contributed by atoms with Gasteiger partial charge in [-0.05, 0) is 77.9 Å². The minimum Gasteiger partial charge on any atom is -0.455 e. The zero-order valence-electron chi connectivity index (χ0n) is 24.3. The second-order valence-corrected chi connectivity index (χ2v) is 11.8. The number of hydrogen-bond donors (Lipinski definition) is 0. The van der Waals surface area contributed by atoms with Crippen LogP contribution < -0.4 is 0 Å². The van der Waals surface area contributed by atoms with Gasteiger partial charge in [0.2, 0.25) is 0 Å². The standard InChI is InChI=1S/C42H26N2O/c1-3-11-27(12-4-1)28-19-22-37-34(25-28)31-15-7-9-17-36(31)44(37)30-20-23-38-35(26-30)41-39(43(38)29-13-5-2-6-14-29)24-21-33-32-16-8-10-18-40(32)45-42(33)41/h1-26H. The first-order valence-corrected chi connectivity index (χ1v) is 15.4. The maximum Gasteiger partial charge on any atom is 0.145 e. The van der Waals surface area contributed by atoms with Crippen molar-refractivity contribution < 1.29 is 4.42 Å². The predicted molar refractivity (Wildman–Crippen MR) is 188 cm³/mol. The number of nitrogens with zero attached hydrogens (tertiary/aromatic N) is 2. The van der Waals surface area contributed by atoms with Gasteiger partial charge in [-0.3, -0.25) is 0 Å². The highest BCUT2D eigenvalue weighted by Gasteiger charge is 2.20.